The van der Waals surface area contributed by atoms with Gasteiger partial charge in [-0.15, -0.1) is 11.3 Å². The molecule has 0 radical (unpaired) electrons. The molecule has 0 fully saturated rings. The summed E-state index contributed by atoms with van der Waals surface area (Å²) in [6.07, 6.45) is 11.4. The fraction of sp³-hybridized carbons (Fsp3) is 0.0161. The third-order valence-corrected chi connectivity index (χ3v) is 13.9. The van der Waals surface area contributed by atoms with Crippen LogP contribution in [-0.2, 0) is 5.41 Å². The molecule has 12 rings (SSSR count). The Morgan fingerprint density at radius 2 is 1.11 bits per heavy atom. The second-order valence-corrected chi connectivity index (χ2v) is 17.7. The first kappa shape index (κ1) is 39.3. The molecule has 0 saturated heterocycles. The number of thiazole rings is 1. The van der Waals surface area contributed by atoms with Crippen molar-refractivity contribution in [2.24, 2.45) is 0 Å². The monoisotopic (exact) mass is 862 g/mol. The Kier molecular flexibility index (Phi) is 9.93. The van der Waals surface area contributed by atoms with Crippen LogP contribution in [0.15, 0.2) is 259 Å². The summed E-state index contributed by atoms with van der Waals surface area (Å²) < 4.78 is 7.63. The first-order chi connectivity index (χ1) is 32.7. The van der Waals surface area contributed by atoms with Gasteiger partial charge in [0.05, 0.1) is 15.6 Å². The number of nitrogens with zero attached hydrogens (tertiary/aromatic N) is 2. The number of hydrogen-bond donors (Lipinski definition) is 0. The summed E-state index contributed by atoms with van der Waals surface area (Å²) in [4.78, 5) is 7.63. The van der Waals surface area contributed by atoms with Gasteiger partial charge in [-0.3, -0.25) is 0 Å². The summed E-state index contributed by atoms with van der Waals surface area (Å²) in [5, 5.41) is 3.24. The zero-order valence-electron chi connectivity index (χ0n) is 36.0. The van der Waals surface area contributed by atoms with E-state index in [0.717, 1.165) is 76.5 Å². The first-order valence-electron chi connectivity index (χ1n) is 22.4. The molecule has 0 spiro atoms. The van der Waals surface area contributed by atoms with E-state index in [9.17, 15) is 0 Å². The zero-order chi connectivity index (χ0) is 43.9. The van der Waals surface area contributed by atoms with Crippen molar-refractivity contribution in [1.29, 1.82) is 0 Å². The smallest absolute Gasteiger partial charge is 0.143 e. The van der Waals surface area contributed by atoms with Crippen LogP contribution in [0.2, 0.25) is 0 Å². The van der Waals surface area contributed by atoms with E-state index in [1.807, 2.05) is 12.1 Å². The minimum atomic E-state index is -0.600. The van der Waals surface area contributed by atoms with Gasteiger partial charge in [-0.05, 0) is 87.5 Å². The van der Waals surface area contributed by atoms with Gasteiger partial charge in [0.2, 0.25) is 0 Å². The Hall–Kier alpha value is -8.31. The number of para-hydroxylation sites is 2. The highest BCUT2D eigenvalue weighted by Gasteiger charge is 2.36. The third kappa shape index (κ3) is 6.96. The number of fused-ring (bicyclic) bond motifs is 5. The van der Waals surface area contributed by atoms with Gasteiger partial charge >= 0.3 is 0 Å². The molecule has 3 nitrogen and oxygen atoms in total. The van der Waals surface area contributed by atoms with Crippen LogP contribution >= 0.6 is 11.3 Å². The van der Waals surface area contributed by atoms with Crippen LogP contribution in [0.4, 0.5) is 11.4 Å². The molecule has 312 valence electrons. The van der Waals surface area contributed by atoms with Crippen molar-refractivity contribution < 1.29 is 4.42 Å². The average molecular weight is 863 g/mol. The van der Waals surface area contributed by atoms with Crippen molar-refractivity contribution in [2.75, 3.05) is 4.90 Å². The van der Waals surface area contributed by atoms with Gasteiger partial charge < -0.3 is 9.32 Å². The molecule has 0 unspecified atom stereocenters. The predicted octanol–water partition coefficient (Wildman–Crippen LogP) is 16.8. The largest absolute Gasteiger partial charge is 0.455 e. The lowest BCUT2D eigenvalue weighted by atomic mass is 9.68. The third-order valence-electron chi connectivity index (χ3n) is 12.9. The summed E-state index contributed by atoms with van der Waals surface area (Å²) in [6.45, 7) is 0. The molecule has 1 aliphatic rings. The molecule has 0 N–H and O–H groups in total. The van der Waals surface area contributed by atoms with Crippen molar-refractivity contribution in [3.8, 4) is 32.8 Å². The Morgan fingerprint density at radius 3 is 1.88 bits per heavy atom. The molecule has 2 heterocycles. The maximum Gasteiger partial charge on any atom is 0.143 e. The van der Waals surface area contributed by atoms with Crippen LogP contribution in [0.1, 0.15) is 22.3 Å². The lowest BCUT2D eigenvalue weighted by Crippen LogP contribution is -2.28. The summed E-state index contributed by atoms with van der Waals surface area (Å²) in [5.41, 5.74) is 15.6. The van der Waals surface area contributed by atoms with Gasteiger partial charge in [0, 0.05) is 39.0 Å². The lowest BCUT2D eigenvalue weighted by Gasteiger charge is -2.35. The number of hydrogen-bond acceptors (Lipinski definition) is 4. The summed E-state index contributed by atoms with van der Waals surface area (Å²) >= 11 is 1.72. The number of rotatable bonds is 8. The van der Waals surface area contributed by atoms with Crippen LogP contribution in [0.5, 0.6) is 0 Å². The normalized spacial score (nSPS) is 15.0. The first-order valence-corrected chi connectivity index (χ1v) is 23.2. The van der Waals surface area contributed by atoms with E-state index < -0.39 is 5.41 Å². The van der Waals surface area contributed by atoms with E-state index in [0.29, 0.717) is 0 Å². The van der Waals surface area contributed by atoms with Gasteiger partial charge in [-0.25, -0.2) is 4.98 Å². The molecular formula is C62H42N2OS. The second-order valence-electron chi connectivity index (χ2n) is 16.7. The van der Waals surface area contributed by atoms with Crippen LogP contribution in [0.25, 0.3) is 71.1 Å². The topological polar surface area (TPSA) is 29.3 Å². The van der Waals surface area contributed by atoms with Crippen molar-refractivity contribution in [3.05, 3.63) is 277 Å². The highest BCUT2D eigenvalue weighted by atomic mass is 32.1. The number of benzene rings is 9. The molecule has 0 atom stereocenters. The minimum absolute atomic E-state index is 0.600. The molecule has 66 heavy (non-hydrogen) atoms. The molecule has 1 aliphatic carbocycles. The highest BCUT2D eigenvalue weighted by Crippen LogP contribution is 2.45. The van der Waals surface area contributed by atoms with E-state index in [2.05, 4.69) is 248 Å². The maximum atomic E-state index is 6.50. The van der Waals surface area contributed by atoms with E-state index in [-0.39, 0.29) is 0 Å². The molecule has 4 heteroatoms. The summed E-state index contributed by atoms with van der Waals surface area (Å²) in [7, 11) is 0. The molecule has 2 aromatic heterocycles. The molecular weight excluding hydrogens is 821 g/mol. The van der Waals surface area contributed by atoms with Gasteiger partial charge in [-0.1, -0.05) is 206 Å². The van der Waals surface area contributed by atoms with Crippen molar-refractivity contribution in [1.82, 2.24) is 4.98 Å². The quantitative estimate of drug-likeness (QED) is 0.152. The van der Waals surface area contributed by atoms with Crippen LogP contribution < -0.4 is 4.90 Å². The number of aromatic nitrogens is 1. The Labute approximate surface area is 388 Å². The van der Waals surface area contributed by atoms with E-state index in [1.54, 1.807) is 11.3 Å². The standard InChI is InChI=1S/C62H42N2OS/c1-4-16-43(17-5-1)44-30-32-47(33-31-44)61-63-57-42-52(38-39-59(57)66-61)64(51-36-34-45(35-37-51)53-26-15-27-55-54-25-11-13-29-58(54)65-60(53)55)50-24-14-19-46-18-10-12-28-56(46)62(41-40-50,48-20-6-2-7-21-48)49-22-8-3-9-23-49/h1-42H/b19-14+,41-40+,50-24+. The summed E-state index contributed by atoms with van der Waals surface area (Å²) in [6, 6.07) is 80.1. The highest BCUT2D eigenvalue weighted by molar-refractivity contribution is 7.21. The SMILES string of the molecule is C1=C\c2ccccc2C(c2ccccc2)(c2ccccc2)/C=C/C(N(c2ccc(-c3cccc4c3oc3ccccc34)cc2)c2ccc3sc(-c4ccc(-c5ccccc5)cc4)nc3c2)=C\1. The van der Waals surface area contributed by atoms with Crippen molar-refractivity contribution in [3.63, 3.8) is 0 Å². The molecule has 0 bridgehead atoms. The molecule has 0 aliphatic heterocycles. The average Bonchev–Trinajstić information content (AvgIpc) is 4.01. The van der Waals surface area contributed by atoms with Crippen LogP contribution in [0.3, 0.4) is 0 Å². The van der Waals surface area contributed by atoms with Gasteiger partial charge in [0.25, 0.3) is 0 Å². The maximum absolute atomic E-state index is 6.50. The fourth-order valence-electron chi connectivity index (χ4n) is 9.65. The minimum Gasteiger partial charge on any atom is -0.455 e. The predicted molar refractivity (Wildman–Crippen MR) is 277 cm³/mol. The van der Waals surface area contributed by atoms with Gasteiger partial charge in [-0.2, -0.15) is 0 Å². The summed E-state index contributed by atoms with van der Waals surface area (Å²) in [5.74, 6) is 0. The number of anilines is 2. The Morgan fingerprint density at radius 1 is 0.485 bits per heavy atom. The lowest BCUT2D eigenvalue weighted by molar-refractivity contribution is 0.670. The van der Waals surface area contributed by atoms with Crippen molar-refractivity contribution in [2.45, 2.75) is 5.41 Å². The number of allylic oxidation sites excluding steroid dienone is 4. The van der Waals surface area contributed by atoms with E-state index in [1.165, 1.54) is 27.8 Å². The molecule has 9 aromatic carbocycles. The van der Waals surface area contributed by atoms with Crippen molar-refractivity contribution >= 4 is 60.9 Å². The van der Waals surface area contributed by atoms with Gasteiger partial charge in [0.1, 0.15) is 16.2 Å². The Bertz CT molecular complexity index is 3580. The van der Waals surface area contributed by atoms with Gasteiger partial charge in [0.15, 0.2) is 0 Å². The zero-order valence-corrected chi connectivity index (χ0v) is 36.8. The van der Waals surface area contributed by atoms with Crippen LogP contribution in [0, 0.1) is 0 Å². The number of furan rings is 1. The van der Waals surface area contributed by atoms with E-state index >= 15 is 0 Å². The fourth-order valence-corrected chi connectivity index (χ4v) is 10.6. The Balaban J connectivity index is 1.01. The second kappa shape index (κ2) is 16.7. The molecule has 0 amide bonds. The van der Waals surface area contributed by atoms with Crippen LogP contribution in [-0.4, -0.2) is 4.98 Å². The molecule has 0 saturated carbocycles. The molecule has 11 aromatic rings. The van der Waals surface area contributed by atoms with E-state index in [4.69, 9.17) is 9.40 Å².